The zero-order chi connectivity index (χ0) is 14.4. The molecule has 2 heterocycles. The van der Waals surface area contributed by atoms with Crippen LogP contribution in [0.25, 0.3) is 5.69 Å². The number of rotatable bonds is 3. The van der Waals surface area contributed by atoms with E-state index in [0.29, 0.717) is 18.9 Å². The second-order valence-corrected chi connectivity index (χ2v) is 7.39. The van der Waals surface area contributed by atoms with Gasteiger partial charge in [0.05, 0.1) is 41.1 Å². The van der Waals surface area contributed by atoms with E-state index >= 15 is 0 Å². The lowest BCUT2D eigenvalue weighted by Crippen LogP contribution is -2.44. The summed E-state index contributed by atoms with van der Waals surface area (Å²) >= 11 is 0. The normalized spacial score (nSPS) is 17.7. The summed E-state index contributed by atoms with van der Waals surface area (Å²) in [6.45, 7) is 3.34. The van der Waals surface area contributed by atoms with Gasteiger partial charge in [-0.25, -0.2) is 13.1 Å². The summed E-state index contributed by atoms with van der Waals surface area (Å²) in [5.74, 6) is 0. The molecule has 0 spiro atoms. The minimum atomic E-state index is -3.23. The van der Waals surface area contributed by atoms with Gasteiger partial charge in [-0.3, -0.25) is 0 Å². The Hall–Kier alpha value is -1.73. The fourth-order valence-electron chi connectivity index (χ4n) is 2.08. The van der Waals surface area contributed by atoms with Crippen molar-refractivity contribution >= 4 is 9.84 Å². The smallest absolute Gasteiger partial charge is 0.175 e. The highest BCUT2D eigenvalue weighted by molar-refractivity contribution is 7.90. The number of ether oxygens (including phenoxy) is 1. The number of hydrogen-bond acceptors (Lipinski definition) is 5. The standard InChI is InChI=1S/C13H15N3O3S/c1-13(8-19-9-13)12-7-16(15-14-12)10-4-3-5-11(6-10)20(2,17)18/h3-7H,8-9H2,1-2H3. The summed E-state index contributed by atoms with van der Waals surface area (Å²) in [6, 6.07) is 6.65. The minimum Gasteiger partial charge on any atom is -0.379 e. The molecule has 6 nitrogen and oxygen atoms in total. The lowest BCUT2D eigenvalue weighted by Gasteiger charge is -2.35. The van der Waals surface area contributed by atoms with Gasteiger partial charge < -0.3 is 4.74 Å². The van der Waals surface area contributed by atoms with Crippen molar-refractivity contribution in [3.05, 3.63) is 36.2 Å². The van der Waals surface area contributed by atoms with Crippen LogP contribution in [0.3, 0.4) is 0 Å². The number of aromatic nitrogens is 3. The zero-order valence-electron chi connectivity index (χ0n) is 11.3. The lowest BCUT2D eigenvalue weighted by molar-refractivity contribution is -0.0521. The maximum atomic E-state index is 11.6. The molecule has 106 valence electrons. The lowest BCUT2D eigenvalue weighted by atomic mass is 9.85. The fourth-order valence-corrected chi connectivity index (χ4v) is 2.74. The molecule has 0 amide bonds. The van der Waals surface area contributed by atoms with Gasteiger partial charge in [0, 0.05) is 6.26 Å². The van der Waals surface area contributed by atoms with Gasteiger partial charge >= 0.3 is 0 Å². The van der Waals surface area contributed by atoms with E-state index in [4.69, 9.17) is 4.74 Å². The molecule has 1 fully saturated rings. The van der Waals surface area contributed by atoms with E-state index in [1.165, 1.54) is 6.26 Å². The van der Waals surface area contributed by atoms with E-state index in [2.05, 4.69) is 17.2 Å². The van der Waals surface area contributed by atoms with Gasteiger partial charge in [0.15, 0.2) is 9.84 Å². The molecule has 0 N–H and O–H groups in total. The highest BCUT2D eigenvalue weighted by atomic mass is 32.2. The predicted octanol–water partition coefficient (Wildman–Crippen LogP) is 0.959. The first kappa shape index (κ1) is 13.3. The molecule has 2 aromatic rings. The number of hydrogen-bond donors (Lipinski definition) is 0. The van der Waals surface area contributed by atoms with Crippen LogP contribution in [0, 0.1) is 0 Å². The maximum Gasteiger partial charge on any atom is 0.175 e. The second kappa shape index (κ2) is 4.39. The summed E-state index contributed by atoms with van der Waals surface area (Å²) in [4.78, 5) is 0.269. The van der Waals surface area contributed by atoms with Crippen molar-refractivity contribution in [2.45, 2.75) is 17.2 Å². The van der Waals surface area contributed by atoms with Crippen molar-refractivity contribution in [3.8, 4) is 5.69 Å². The Balaban J connectivity index is 1.98. The monoisotopic (exact) mass is 293 g/mol. The molecule has 0 saturated carbocycles. The van der Waals surface area contributed by atoms with Gasteiger partial charge in [0.2, 0.25) is 0 Å². The second-order valence-electron chi connectivity index (χ2n) is 5.37. The zero-order valence-corrected chi connectivity index (χ0v) is 12.1. The Morgan fingerprint density at radius 2 is 2.10 bits per heavy atom. The van der Waals surface area contributed by atoms with Crippen molar-refractivity contribution in [2.24, 2.45) is 0 Å². The Morgan fingerprint density at radius 3 is 2.70 bits per heavy atom. The highest BCUT2D eigenvalue weighted by Gasteiger charge is 2.38. The number of benzene rings is 1. The first-order valence-corrected chi connectivity index (χ1v) is 8.09. The van der Waals surface area contributed by atoms with Gasteiger partial charge in [-0.2, -0.15) is 0 Å². The van der Waals surface area contributed by atoms with E-state index in [0.717, 1.165) is 5.69 Å². The van der Waals surface area contributed by atoms with Crippen molar-refractivity contribution in [2.75, 3.05) is 19.5 Å². The third-order valence-electron chi connectivity index (χ3n) is 3.46. The Morgan fingerprint density at radius 1 is 1.35 bits per heavy atom. The maximum absolute atomic E-state index is 11.6. The number of nitrogens with zero attached hydrogens (tertiary/aromatic N) is 3. The Bertz CT molecular complexity index is 748. The molecule has 3 rings (SSSR count). The largest absolute Gasteiger partial charge is 0.379 e. The molecule has 0 bridgehead atoms. The molecule has 1 aromatic carbocycles. The molecule has 0 unspecified atom stereocenters. The van der Waals surface area contributed by atoms with Crippen molar-refractivity contribution in [1.82, 2.24) is 15.0 Å². The molecule has 1 aliphatic rings. The molecule has 1 aliphatic heterocycles. The molecule has 0 radical (unpaired) electrons. The van der Waals surface area contributed by atoms with E-state index in [1.807, 2.05) is 6.20 Å². The van der Waals surface area contributed by atoms with E-state index < -0.39 is 9.84 Å². The first-order chi connectivity index (χ1) is 9.38. The van der Waals surface area contributed by atoms with E-state index in [-0.39, 0.29) is 10.3 Å². The van der Waals surface area contributed by atoms with E-state index in [1.54, 1.807) is 28.9 Å². The molecule has 1 saturated heterocycles. The quantitative estimate of drug-likeness (QED) is 0.842. The average molecular weight is 293 g/mol. The topological polar surface area (TPSA) is 74.1 Å². The number of sulfone groups is 1. The summed E-state index contributed by atoms with van der Waals surface area (Å²) in [5.41, 5.74) is 1.44. The molecular formula is C13H15N3O3S. The first-order valence-electron chi connectivity index (χ1n) is 6.20. The Kier molecular flexibility index (Phi) is 2.91. The Labute approximate surface area is 117 Å². The van der Waals surface area contributed by atoms with Crippen LogP contribution in [0.1, 0.15) is 12.6 Å². The van der Waals surface area contributed by atoms with Gasteiger partial charge in [0.1, 0.15) is 0 Å². The third-order valence-corrected chi connectivity index (χ3v) is 4.57. The van der Waals surface area contributed by atoms with Crippen LogP contribution in [0.5, 0.6) is 0 Å². The predicted molar refractivity (Wildman–Crippen MR) is 72.6 cm³/mol. The summed E-state index contributed by atoms with van der Waals surface area (Å²) in [6.07, 6.45) is 3.01. The minimum absolute atomic E-state index is 0.0906. The van der Waals surface area contributed by atoms with Crippen LogP contribution in [0.15, 0.2) is 35.4 Å². The van der Waals surface area contributed by atoms with E-state index in [9.17, 15) is 8.42 Å². The molecule has 7 heteroatoms. The fraction of sp³-hybridized carbons (Fsp3) is 0.385. The van der Waals surface area contributed by atoms with Gasteiger partial charge in [0.25, 0.3) is 0 Å². The average Bonchev–Trinajstić information content (AvgIpc) is 2.85. The molecule has 0 atom stereocenters. The molecule has 1 aromatic heterocycles. The van der Waals surface area contributed by atoms with Gasteiger partial charge in [-0.05, 0) is 25.1 Å². The van der Waals surface area contributed by atoms with Crippen molar-refractivity contribution in [3.63, 3.8) is 0 Å². The molecule has 20 heavy (non-hydrogen) atoms. The molecule has 0 aliphatic carbocycles. The third kappa shape index (κ3) is 2.23. The van der Waals surface area contributed by atoms with Crippen LogP contribution in [0.2, 0.25) is 0 Å². The van der Waals surface area contributed by atoms with Crippen molar-refractivity contribution < 1.29 is 13.2 Å². The molecular weight excluding hydrogens is 278 g/mol. The summed E-state index contributed by atoms with van der Waals surface area (Å²) in [7, 11) is -3.23. The highest BCUT2D eigenvalue weighted by Crippen LogP contribution is 2.30. The summed E-state index contributed by atoms with van der Waals surface area (Å²) in [5, 5.41) is 8.24. The van der Waals surface area contributed by atoms with Crippen LogP contribution >= 0.6 is 0 Å². The van der Waals surface area contributed by atoms with Crippen LogP contribution < -0.4 is 0 Å². The van der Waals surface area contributed by atoms with Gasteiger partial charge in [-0.1, -0.05) is 11.3 Å². The van der Waals surface area contributed by atoms with Crippen molar-refractivity contribution in [1.29, 1.82) is 0 Å². The van der Waals surface area contributed by atoms with Crippen LogP contribution in [-0.4, -0.2) is 42.9 Å². The van der Waals surface area contributed by atoms with Gasteiger partial charge in [-0.15, -0.1) is 5.10 Å². The van der Waals surface area contributed by atoms with Crippen LogP contribution in [-0.2, 0) is 20.0 Å². The summed E-state index contributed by atoms with van der Waals surface area (Å²) < 4.78 is 30.0. The van der Waals surface area contributed by atoms with Crippen LogP contribution in [0.4, 0.5) is 0 Å². The SMILES string of the molecule is CC1(c2cn(-c3cccc(S(C)(=O)=O)c3)nn2)COC1.